The number of allylic oxidation sites excluding steroid dienone is 7. The van der Waals surface area contributed by atoms with Gasteiger partial charge < -0.3 is 40.0 Å². The van der Waals surface area contributed by atoms with Gasteiger partial charge in [0.25, 0.3) is 0 Å². The van der Waals surface area contributed by atoms with Crippen LogP contribution in [0.1, 0.15) is 50.8 Å². The van der Waals surface area contributed by atoms with Crippen LogP contribution >= 0.6 is 34.3 Å². The summed E-state index contributed by atoms with van der Waals surface area (Å²) in [4.78, 5) is 51.2. The van der Waals surface area contributed by atoms with Crippen molar-refractivity contribution in [3.05, 3.63) is 184 Å². The minimum Gasteiger partial charge on any atom is -0.506 e. The molecule has 2 aromatic heterocycles. The molecular weight excluding hydrogens is 1090 g/mol. The minimum atomic E-state index is -1.18. The number of hydrogen-bond acceptors (Lipinski definition) is 16. The first-order valence-electron chi connectivity index (χ1n) is 22.0. The number of carbonyl (C=O) groups excluding carboxylic acids is 2. The summed E-state index contributed by atoms with van der Waals surface area (Å²) in [5.74, 6) is -3.64. The molecule has 3 aromatic carbocycles. The molecule has 75 heavy (non-hydrogen) atoms. The summed E-state index contributed by atoms with van der Waals surface area (Å²) >= 11 is 7.89. The third kappa shape index (κ3) is 14.1. The summed E-state index contributed by atoms with van der Waals surface area (Å²) in [7, 11) is 1.64. The molecule has 8 rings (SSSR count). The van der Waals surface area contributed by atoms with Gasteiger partial charge in [0, 0.05) is 104 Å². The predicted molar refractivity (Wildman–Crippen MR) is 274 cm³/mol. The van der Waals surface area contributed by atoms with Gasteiger partial charge in [0.1, 0.15) is 34.5 Å². The molecule has 5 aromatic rings. The third-order valence-corrected chi connectivity index (χ3v) is 13.2. The Labute approximate surface area is 448 Å². The molecule has 1 unspecified atom stereocenters. The van der Waals surface area contributed by atoms with Crippen LogP contribution in [0.3, 0.4) is 0 Å². The smallest absolute Gasteiger partial charge is 0.319 e. The second-order valence-corrected chi connectivity index (χ2v) is 18.2. The first kappa shape index (κ1) is 58.1. The van der Waals surface area contributed by atoms with E-state index in [2.05, 4.69) is 69.0 Å². The number of benzene rings is 3. The van der Waals surface area contributed by atoms with Crippen LogP contribution in [0.4, 0.5) is 34.5 Å². The average molecular weight is 1130 g/mol. The molecule has 19 nitrogen and oxygen atoms in total. The zero-order valence-corrected chi connectivity index (χ0v) is 43.5. The van der Waals surface area contributed by atoms with E-state index in [1.165, 1.54) is 24.3 Å². The molecule has 2 N–H and O–H groups in total. The zero-order chi connectivity index (χ0) is 53.9. The third-order valence-electron chi connectivity index (χ3n) is 11.3. The van der Waals surface area contributed by atoms with Crippen LogP contribution in [0.25, 0.3) is 6.08 Å². The van der Waals surface area contributed by atoms with E-state index < -0.39 is 32.7 Å². The number of halogens is 4. The Kier molecular flexibility index (Phi) is 20.0. The quantitative estimate of drug-likeness (QED) is 0.0368. The van der Waals surface area contributed by atoms with E-state index in [0.717, 1.165) is 106 Å². The van der Waals surface area contributed by atoms with E-state index in [4.69, 9.17) is 16.3 Å². The number of fused-ring (bicyclic) bond motifs is 1. The molecule has 0 saturated carbocycles. The van der Waals surface area contributed by atoms with Crippen LogP contribution in [0.5, 0.6) is 5.75 Å². The van der Waals surface area contributed by atoms with Crippen molar-refractivity contribution in [1.82, 2.24) is 9.97 Å². The molecule has 2 aliphatic carbocycles. The molecule has 0 spiro atoms. The van der Waals surface area contributed by atoms with Crippen molar-refractivity contribution in [2.75, 3.05) is 25.1 Å². The number of aliphatic hydroxyl groups excluding tert-OH is 2. The van der Waals surface area contributed by atoms with Gasteiger partial charge in [0.15, 0.2) is 35.5 Å². The van der Waals surface area contributed by atoms with Crippen molar-refractivity contribution in [3.8, 4) is 5.75 Å². The standard InChI is InChI=1S/C31H33ClF3N2O.2C9H6N4O4S.Co/c1-6-31(4)24-17-21(32)11-15-27(24)37(19-23-25(33)13-14-26(34)30(23)35)29(31)16-10-20-9-12-22(18-28(20)38-5)36(7-2)8-3;2*14-5-1-2-6(7(15)3-5)11-12-9-10-4-8(18-9)13(16)17;/h9-18H,6-8,19H2,1-5H3;2*1-4H,(H2,10,12,14,15);/q+1;;;/p-2. The number of anilines is 1. The molecule has 0 fully saturated rings. The van der Waals surface area contributed by atoms with Crippen LogP contribution in [0.15, 0.2) is 135 Å². The molecule has 393 valence electrons. The van der Waals surface area contributed by atoms with Gasteiger partial charge in [-0.2, -0.15) is 4.58 Å². The van der Waals surface area contributed by atoms with E-state index >= 15 is 0 Å². The predicted octanol–water partition coefficient (Wildman–Crippen LogP) is 9.19. The molecule has 3 aliphatic rings. The van der Waals surface area contributed by atoms with Crippen molar-refractivity contribution in [1.29, 1.82) is 0 Å². The number of nitrogens with zero attached hydrogens (tertiary/aromatic N) is 10. The number of thiazole rings is 2. The number of nitro groups is 2. The van der Waals surface area contributed by atoms with Crippen molar-refractivity contribution in [3.63, 3.8) is 0 Å². The summed E-state index contributed by atoms with van der Waals surface area (Å²) in [5, 5.41) is 54.4. The molecule has 3 heterocycles. The number of hydrogen-bond donors (Lipinski definition) is 2. The van der Waals surface area contributed by atoms with Crippen LogP contribution in [-0.4, -0.2) is 73.5 Å². The fraction of sp³-hybridized carbons (Fsp3) is 0.204. The monoisotopic (exact) mass is 1130 g/mol. The number of aromatic nitrogens is 2. The van der Waals surface area contributed by atoms with Crippen molar-refractivity contribution < 1.29 is 68.9 Å². The van der Waals surface area contributed by atoms with Gasteiger partial charge in [-0.15, -0.1) is 0 Å². The van der Waals surface area contributed by atoms with Crippen LogP contribution < -0.4 is 29.2 Å². The fourth-order valence-corrected chi connectivity index (χ4v) is 8.65. The minimum absolute atomic E-state index is 0. The first-order valence-corrected chi connectivity index (χ1v) is 24.0. The molecule has 0 bridgehead atoms. The van der Waals surface area contributed by atoms with Crippen molar-refractivity contribution in [2.24, 2.45) is 20.4 Å². The van der Waals surface area contributed by atoms with Gasteiger partial charge in [0.05, 0.1) is 27.9 Å². The molecule has 0 saturated heterocycles. The maximum absolute atomic E-state index is 14.8. The first-order chi connectivity index (χ1) is 35.3. The normalized spacial score (nSPS) is 17.3. The Morgan fingerprint density at radius 2 is 1.35 bits per heavy atom. The number of methoxy groups -OCH3 is 1. The summed E-state index contributed by atoms with van der Waals surface area (Å²) in [6, 6.07) is 13.3. The van der Waals surface area contributed by atoms with Gasteiger partial charge in [-0.3, -0.25) is 40.0 Å². The Bertz CT molecular complexity index is 3330. The van der Waals surface area contributed by atoms with Gasteiger partial charge in [-0.05, 0) is 94.0 Å². The Morgan fingerprint density at radius 1 is 0.800 bits per heavy atom. The number of rotatable bonds is 13. The number of aliphatic hydroxyl groups is 2. The van der Waals surface area contributed by atoms with E-state index in [0.29, 0.717) is 11.4 Å². The van der Waals surface area contributed by atoms with Crippen molar-refractivity contribution >= 4 is 90.4 Å². The topological polar surface area (TPSA) is 254 Å². The molecule has 1 aliphatic heterocycles. The van der Waals surface area contributed by atoms with Crippen LogP contribution in [0.2, 0.25) is 5.02 Å². The number of carbonyl (C=O) groups is 2. The summed E-state index contributed by atoms with van der Waals surface area (Å²) in [6.07, 6.45) is 13.8. The van der Waals surface area contributed by atoms with Gasteiger partial charge >= 0.3 is 10.0 Å². The summed E-state index contributed by atoms with van der Waals surface area (Å²) in [5.41, 5.74) is 3.86. The Balaban J connectivity index is 0.000000234. The van der Waals surface area contributed by atoms with Crippen LogP contribution in [0, 0.1) is 37.7 Å². The van der Waals surface area contributed by atoms with E-state index in [1.807, 2.05) is 41.0 Å². The SMILES string of the molecule is CCN(CC)c1ccc(/C=C/C2=[N+](Cc3c(F)ccc(F)c3F)c3ccc(Cl)cc3C2(C)CC)c(OC)c1.O=C1C=CC(=NN=c2[n-]cc([N+](=O)[O-])s2)C(O)=C1.O=C1C=CC(=NN=c2[n-]cc([N+](=O)[O-])s2)C(O)=C1.[Co]. The maximum atomic E-state index is 14.8. The Hall–Kier alpha value is -7.84. The van der Waals surface area contributed by atoms with E-state index in [1.54, 1.807) is 13.2 Å². The molecule has 1 radical (unpaired) electrons. The zero-order valence-electron chi connectivity index (χ0n) is 40.1. The van der Waals surface area contributed by atoms with Crippen molar-refractivity contribution in [2.45, 2.75) is 46.1 Å². The van der Waals surface area contributed by atoms with Gasteiger partial charge in [0.2, 0.25) is 5.69 Å². The molecule has 0 amide bonds. The van der Waals surface area contributed by atoms with Gasteiger partial charge in [-0.25, -0.2) is 13.2 Å². The number of ether oxygens (including phenoxy) is 1. The summed E-state index contributed by atoms with van der Waals surface area (Å²) < 4.78 is 51.1. The van der Waals surface area contributed by atoms with Gasteiger partial charge in [-0.1, -0.05) is 41.2 Å². The largest absolute Gasteiger partial charge is 0.506 e. The second kappa shape index (κ2) is 25.9. The molecule has 1 atom stereocenters. The van der Waals surface area contributed by atoms with E-state index in [9.17, 15) is 53.2 Å². The second-order valence-electron chi connectivity index (χ2n) is 15.7. The van der Waals surface area contributed by atoms with E-state index in [-0.39, 0.29) is 83.0 Å². The Morgan fingerprint density at radius 3 is 1.83 bits per heavy atom. The molecular formula is C49H43ClCoF3N10O9S2-. The average Bonchev–Trinajstić information content (AvgIpc) is 4.12. The summed E-state index contributed by atoms with van der Waals surface area (Å²) in [6.45, 7) is 9.95. The molecule has 26 heteroatoms. The fourth-order valence-electron chi connectivity index (χ4n) is 7.37. The number of ketones is 2. The maximum Gasteiger partial charge on any atom is 0.319 e. The van der Waals surface area contributed by atoms with Crippen LogP contribution in [-0.2, 0) is 38.3 Å².